The predicted molar refractivity (Wildman–Crippen MR) is 153 cm³/mol. The number of fused-ring (bicyclic) bond motifs is 1. The summed E-state index contributed by atoms with van der Waals surface area (Å²) in [7, 11) is 0. The first-order valence-electron chi connectivity index (χ1n) is 12.8. The number of nitriles is 1. The first kappa shape index (κ1) is 29.4. The molecule has 1 aliphatic rings. The number of aromatic nitrogens is 1. The van der Waals surface area contributed by atoms with Gasteiger partial charge in [-0.1, -0.05) is 35.3 Å². The number of aromatic carboxylic acids is 1. The molecule has 1 amide bonds. The van der Waals surface area contributed by atoms with Gasteiger partial charge in [0.2, 0.25) is 0 Å². The van der Waals surface area contributed by atoms with Gasteiger partial charge < -0.3 is 20.1 Å². The molecule has 1 atom stereocenters. The highest BCUT2D eigenvalue weighted by atomic mass is 35.5. The number of aryl methyl sites for hydroxylation is 2. The van der Waals surface area contributed by atoms with Gasteiger partial charge in [-0.2, -0.15) is 5.26 Å². The maximum absolute atomic E-state index is 16.4. The molecule has 0 saturated carbocycles. The number of carbonyl (C=O) groups excluding carboxylic acids is 1. The third-order valence-corrected chi connectivity index (χ3v) is 7.43. The zero-order valence-corrected chi connectivity index (χ0v) is 24.1. The SMILES string of the molecule is Cc1nc2c(F)c(-c3cccc(Cl)c3Cl)c(CCC#N)cc2c(NC2CCN(C(=O)OC(C)(C)C)C2)c1C(=O)O. The van der Waals surface area contributed by atoms with E-state index in [4.69, 9.17) is 27.9 Å². The van der Waals surface area contributed by atoms with Gasteiger partial charge in [0.15, 0.2) is 5.82 Å². The number of ether oxygens (including phenoxy) is 1. The lowest BCUT2D eigenvalue weighted by Crippen LogP contribution is -2.36. The highest BCUT2D eigenvalue weighted by Gasteiger charge is 2.32. The zero-order chi connectivity index (χ0) is 29.4. The minimum Gasteiger partial charge on any atom is -0.478 e. The number of rotatable bonds is 6. The minimum atomic E-state index is -1.22. The van der Waals surface area contributed by atoms with E-state index in [-0.39, 0.29) is 68.9 Å². The highest BCUT2D eigenvalue weighted by molar-refractivity contribution is 6.43. The fourth-order valence-electron chi connectivity index (χ4n) is 4.89. The molecule has 0 bridgehead atoms. The Hall–Kier alpha value is -3.61. The second-order valence-corrected chi connectivity index (χ2v) is 11.5. The number of likely N-dealkylation sites (tertiary alicyclic amines) is 1. The maximum atomic E-state index is 16.4. The third-order valence-electron chi connectivity index (χ3n) is 6.61. The summed E-state index contributed by atoms with van der Waals surface area (Å²) < 4.78 is 21.9. The topological polar surface area (TPSA) is 116 Å². The number of amides is 1. The molecule has 2 heterocycles. The van der Waals surface area contributed by atoms with Crippen molar-refractivity contribution in [2.75, 3.05) is 18.4 Å². The van der Waals surface area contributed by atoms with Crippen LogP contribution in [0.3, 0.4) is 0 Å². The van der Waals surface area contributed by atoms with Gasteiger partial charge in [-0.15, -0.1) is 0 Å². The molecule has 0 aliphatic carbocycles. The van der Waals surface area contributed by atoms with E-state index in [1.54, 1.807) is 49.9 Å². The van der Waals surface area contributed by atoms with Gasteiger partial charge in [-0.3, -0.25) is 0 Å². The van der Waals surface area contributed by atoms with Crippen molar-refractivity contribution >= 4 is 51.9 Å². The van der Waals surface area contributed by atoms with Crippen molar-refractivity contribution in [3.8, 4) is 17.2 Å². The average Bonchev–Trinajstić information content (AvgIpc) is 3.33. The van der Waals surface area contributed by atoms with E-state index in [1.807, 2.05) is 0 Å². The van der Waals surface area contributed by atoms with Crippen molar-refractivity contribution in [1.82, 2.24) is 9.88 Å². The molecule has 1 aromatic heterocycles. The van der Waals surface area contributed by atoms with Gasteiger partial charge in [-0.25, -0.2) is 19.0 Å². The van der Waals surface area contributed by atoms with Crippen LogP contribution in [-0.2, 0) is 11.2 Å². The number of benzene rings is 2. The number of carboxylic acids is 1. The Bertz CT molecular complexity index is 1550. The van der Waals surface area contributed by atoms with Gasteiger partial charge in [0.05, 0.1) is 27.5 Å². The lowest BCUT2D eigenvalue weighted by molar-refractivity contribution is 0.0293. The second-order valence-electron chi connectivity index (χ2n) is 10.7. The Morgan fingerprint density at radius 2 is 2.05 bits per heavy atom. The van der Waals surface area contributed by atoms with Crippen molar-refractivity contribution in [1.29, 1.82) is 5.26 Å². The Morgan fingerprint density at radius 3 is 2.70 bits per heavy atom. The normalized spacial score (nSPS) is 15.2. The van der Waals surface area contributed by atoms with Gasteiger partial charge in [0.25, 0.3) is 0 Å². The summed E-state index contributed by atoms with van der Waals surface area (Å²) in [6, 6.07) is 8.29. The standard InChI is InChI=1S/C29H29Cl2FN4O4/c1-15-21(27(37)38)25(35-17-10-12-36(14-17)28(39)40-29(2,3)4)19-13-16(7-6-11-33)22(24(32)26(19)34-15)18-8-5-9-20(30)23(18)31/h5,8-9,13,17H,6-7,10,12,14H2,1-4H3,(H,34,35)(H,37,38). The predicted octanol–water partition coefficient (Wildman–Crippen LogP) is 7.23. The first-order chi connectivity index (χ1) is 18.8. The summed E-state index contributed by atoms with van der Waals surface area (Å²) in [4.78, 5) is 30.9. The van der Waals surface area contributed by atoms with Gasteiger partial charge in [0, 0.05) is 42.1 Å². The molecule has 1 aliphatic heterocycles. The molecular formula is C29H29Cl2FN4O4. The summed E-state index contributed by atoms with van der Waals surface area (Å²) in [5.74, 6) is -1.92. The number of pyridine rings is 1. The van der Waals surface area contributed by atoms with Crippen LogP contribution in [0.15, 0.2) is 24.3 Å². The van der Waals surface area contributed by atoms with Crippen LogP contribution in [0, 0.1) is 24.1 Å². The summed E-state index contributed by atoms with van der Waals surface area (Å²) in [5.41, 5.74) is 0.500. The molecule has 2 aromatic carbocycles. The van der Waals surface area contributed by atoms with Crippen molar-refractivity contribution in [3.05, 3.63) is 56.9 Å². The molecule has 0 radical (unpaired) electrons. The number of nitrogens with one attached hydrogen (secondary N) is 1. The van der Waals surface area contributed by atoms with Crippen molar-refractivity contribution < 1.29 is 23.8 Å². The van der Waals surface area contributed by atoms with Crippen molar-refractivity contribution in [2.45, 2.75) is 58.6 Å². The molecule has 4 rings (SSSR count). The maximum Gasteiger partial charge on any atom is 0.410 e. The largest absolute Gasteiger partial charge is 0.478 e. The van der Waals surface area contributed by atoms with E-state index < -0.39 is 23.5 Å². The fraction of sp³-hybridized carbons (Fsp3) is 0.379. The molecule has 40 heavy (non-hydrogen) atoms. The van der Waals surface area contributed by atoms with E-state index >= 15 is 4.39 Å². The van der Waals surface area contributed by atoms with Crippen LogP contribution in [0.25, 0.3) is 22.0 Å². The van der Waals surface area contributed by atoms with E-state index in [1.165, 1.54) is 6.92 Å². The first-order valence-corrected chi connectivity index (χ1v) is 13.5. The molecule has 210 valence electrons. The van der Waals surface area contributed by atoms with E-state index in [2.05, 4.69) is 16.4 Å². The zero-order valence-electron chi connectivity index (χ0n) is 22.6. The Morgan fingerprint density at radius 1 is 1.32 bits per heavy atom. The van der Waals surface area contributed by atoms with Crippen molar-refractivity contribution in [3.63, 3.8) is 0 Å². The van der Waals surface area contributed by atoms with Gasteiger partial charge >= 0.3 is 12.1 Å². The van der Waals surface area contributed by atoms with Crippen LogP contribution in [0.2, 0.25) is 10.0 Å². The average molecular weight is 587 g/mol. The second kappa shape index (κ2) is 11.5. The molecule has 1 saturated heterocycles. The van der Waals surface area contributed by atoms with E-state index in [0.717, 1.165) is 0 Å². The number of carbonyl (C=O) groups is 2. The molecule has 1 fully saturated rings. The van der Waals surface area contributed by atoms with Crippen molar-refractivity contribution in [2.24, 2.45) is 0 Å². The lowest BCUT2D eigenvalue weighted by atomic mass is 9.92. The number of nitrogens with zero attached hydrogens (tertiary/aromatic N) is 3. The monoisotopic (exact) mass is 586 g/mol. The molecule has 3 aromatic rings. The molecular weight excluding hydrogens is 558 g/mol. The summed E-state index contributed by atoms with van der Waals surface area (Å²) in [5, 5.41) is 23.3. The lowest BCUT2D eigenvalue weighted by Gasteiger charge is -2.25. The fourth-order valence-corrected chi connectivity index (χ4v) is 5.29. The number of carboxylic acid groups (broad SMARTS) is 1. The smallest absolute Gasteiger partial charge is 0.410 e. The third kappa shape index (κ3) is 5.93. The summed E-state index contributed by atoms with van der Waals surface area (Å²) in [6.45, 7) is 7.54. The Labute approximate surface area is 241 Å². The number of anilines is 1. The molecule has 0 spiro atoms. The molecule has 1 unspecified atom stereocenters. The molecule has 8 nitrogen and oxygen atoms in total. The summed E-state index contributed by atoms with van der Waals surface area (Å²) in [6.07, 6.45) is 0.352. The van der Waals surface area contributed by atoms with E-state index in [0.29, 0.717) is 24.1 Å². The van der Waals surface area contributed by atoms with Gasteiger partial charge in [0.1, 0.15) is 16.7 Å². The van der Waals surface area contributed by atoms with E-state index in [9.17, 15) is 20.0 Å². The van der Waals surface area contributed by atoms with Crippen LogP contribution in [-0.4, -0.2) is 51.8 Å². The summed E-state index contributed by atoms with van der Waals surface area (Å²) >= 11 is 12.7. The van der Waals surface area contributed by atoms with Crippen LogP contribution < -0.4 is 5.32 Å². The highest BCUT2D eigenvalue weighted by Crippen LogP contribution is 2.42. The Kier molecular flexibility index (Phi) is 8.43. The number of hydrogen-bond acceptors (Lipinski definition) is 6. The number of hydrogen-bond donors (Lipinski definition) is 2. The van der Waals surface area contributed by atoms with Crippen LogP contribution in [0.5, 0.6) is 0 Å². The van der Waals surface area contributed by atoms with Crippen LogP contribution in [0.1, 0.15) is 55.2 Å². The molecule has 2 N–H and O–H groups in total. The number of halogens is 3. The van der Waals surface area contributed by atoms with Crippen LogP contribution >= 0.6 is 23.2 Å². The minimum absolute atomic E-state index is 0.0428. The molecule has 11 heteroatoms. The quantitative estimate of drug-likeness (QED) is 0.313. The van der Waals surface area contributed by atoms with Gasteiger partial charge in [-0.05, 0) is 58.2 Å². The van der Waals surface area contributed by atoms with Crippen LogP contribution in [0.4, 0.5) is 14.9 Å². The Balaban J connectivity index is 1.87.